The average Bonchev–Trinajstić information content (AvgIpc) is 2.89. The van der Waals surface area contributed by atoms with Crippen LogP contribution in [0.2, 0.25) is 0 Å². The highest BCUT2D eigenvalue weighted by Gasteiger charge is 2.19. The van der Waals surface area contributed by atoms with Crippen molar-refractivity contribution in [2.75, 3.05) is 5.73 Å². The van der Waals surface area contributed by atoms with Crippen molar-refractivity contribution in [3.05, 3.63) is 24.2 Å². The Hall–Kier alpha value is -1.91. The smallest absolute Gasteiger partial charge is 0.181 e. The van der Waals surface area contributed by atoms with Gasteiger partial charge in [-0.05, 0) is 25.0 Å². The van der Waals surface area contributed by atoms with E-state index >= 15 is 0 Å². The number of nitrogens with two attached hydrogens (primary N) is 1. The number of nitrogens with zero attached hydrogens (tertiary/aromatic N) is 3. The monoisotopic (exact) mass is 243 g/mol. The molecule has 0 aliphatic heterocycles. The normalized spacial score (nSPS) is 16.9. The molecule has 1 aliphatic carbocycles. The predicted molar refractivity (Wildman–Crippen MR) is 69.9 cm³/mol. The lowest BCUT2D eigenvalue weighted by Gasteiger charge is -2.18. The van der Waals surface area contributed by atoms with Crippen LogP contribution in [0.25, 0.3) is 11.4 Å². The maximum absolute atomic E-state index is 5.67. The van der Waals surface area contributed by atoms with Gasteiger partial charge in [0.1, 0.15) is 11.6 Å². The highest BCUT2D eigenvalue weighted by atomic mass is 15.2. The third-order valence-corrected chi connectivity index (χ3v) is 3.53. The number of rotatable bonds is 2. The molecule has 5 nitrogen and oxygen atoms in total. The number of aromatic nitrogens is 4. The molecular weight excluding hydrogens is 226 g/mol. The van der Waals surface area contributed by atoms with Crippen LogP contribution in [0.5, 0.6) is 0 Å². The van der Waals surface area contributed by atoms with Gasteiger partial charge in [-0.3, -0.25) is 5.10 Å². The summed E-state index contributed by atoms with van der Waals surface area (Å²) < 4.78 is 0. The summed E-state index contributed by atoms with van der Waals surface area (Å²) in [6, 6.07) is 3.68. The minimum absolute atomic E-state index is 0.497. The first-order chi connectivity index (χ1) is 8.83. The van der Waals surface area contributed by atoms with Crippen molar-refractivity contribution in [3.8, 4) is 11.4 Å². The van der Waals surface area contributed by atoms with Gasteiger partial charge in [0, 0.05) is 17.7 Å². The van der Waals surface area contributed by atoms with Gasteiger partial charge in [-0.2, -0.15) is 5.10 Å². The number of H-pyrrole nitrogens is 1. The Kier molecular flexibility index (Phi) is 2.96. The van der Waals surface area contributed by atoms with Gasteiger partial charge in [-0.15, -0.1) is 0 Å². The van der Waals surface area contributed by atoms with Crippen molar-refractivity contribution < 1.29 is 0 Å². The van der Waals surface area contributed by atoms with Crippen LogP contribution in [0.4, 0.5) is 5.82 Å². The number of pyridine rings is 1. The minimum Gasteiger partial charge on any atom is -0.384 e. The van der Waals surface area contributed by atoms with Crippen LogP contribution in [0.1, 0.15) is 43.8 Å². The highest BCUT2D eigenvalue weighted by Crippen LogP contribution is 2.31. The summed E-state index contributed by atoms with van der Waals surface area (Å²) in [5.41, 5.74) is 6.59. The zero-order chi connectivity index (χ0) is 12.4. The van der Waals surface area contributed by atoms with Gasteiger partial charge in [0.2, 0.25) is 0 Å². The second-order valence-electron chi connectivity index (χ2n) is 4.85. The summed E-state index contributed by atoms with van der Waals surface area (Å²) in [5.74, 6) is 2.76. The maximum atomic E-state index is 5.67. The number of hydrogen-bond donors (Lipinski definition) is 2. The lowest BCUT2D eigenvalue weighted by molar-refractivity contribution is 0.429. The lowest BCUT2D eigenvalue weighted by atomic mass is 9.89. The summed E-state index contributed by atoms with van der Waals surface area (Å²) in [6.07, 6.45) is 8.05. The number of anilines is 1. The van der Waals surface area contributed by atoms with E-state index in [0.717, 1.165) is 11.4 Å². The number of aromatic amines is 1. The van der Waals surface area contributed by atoms with Crippen molar-refractivity contribution in [2.45, 2.75) is 38.0 Å². The van der Waals surface area contributed by atoms with E-state index in [1.807, 2.05) is 6.07 Å². The second-order valence-corrected chi connectivity index (χ2v) is 4.85. The summed E-state index contributed by atoms with van der Waals surface area (Å²) in [7, 11) is 0. The van der Waals surface area contributed by atoms with Gasteiger partial charge in [-0.25, -0.2) is 9.97 Å². The van der Waals surface area contributed by atoms with Gasteiger partial charge in [0.05, 0.1) is 0 Å². The quantitative estimate of drug-likeness (QED) is 0.849. The molecule has 0 unspecified atom stereocenters. The van der Waals surface area contributed by atoms with Crippen molar-refractivity contribution >= 4 is 5.82 Å². The van der Waals surface area contributed by atoms with Crippen LogP contribution in [0, 0.1) is 0 Å². The lowest BCUT2D eigenvalue weighted by Crippen LogP contribution is -2.06. The predicted octanol–water partition coefficient (Wildman–Crippen LogP) is 2.50. The van der Waals surface area contributed by atoms with Gasteiger partial charge < -0.3 is 5.73 Å². The second kappa shape index (κ2) is 4.76. The standard InChI is InChI=1S/C13H17N5/c14-11-8-10(6-7-15-11)13-16-12(17-18-13)9-4-2-1-3-5-9/h6-9H,1-5H2,(H2,14,15)(H,16,17,18). The third kappa shape index (κ3) is 2.20. The molecule has 0 radical (unpaired) electrons. The molecule has 0 aromatic carbocycles. The molecule has 0 bridgehead atoms. The molecule has 0 saturated heterocycles. The van der Waals surface area contributed by atoms with E-state index in [1.165, 1.54) is 32.1 Å². The van der Waals surface area contributed by atoms with Crippen LogP contribution in [-0.2, 0) is 0 Å². The summed E-state index contributed by atoms with van der Waals surface area (Å²) in [5, 5.41) is 7.35. The topological polar surface area (TPSA) is 80.5 Å². The van der Waals surface area contributed by atoms with Crippen molar-refractivity contribution in [1.29, 1.82) is 0 Å². The first-order valence-corrected chi connectivity index (χ1v) is 6.47. The van der Waals surface area contributed by atoms with Gasteiger partial charge >= 0.3 is 0 Å². The van der Waals surface area contributed by atoms with E-state index in [2.05, 4.69) is 20.2 Å². The zero-order valence-corrected chi connectivity index (χ0v) is 10.3. The Bertz CT molecular complexity index is 528. The molecule has 2 aromatic rings. The highest BCUT2D eigenvalue weighted by molar-refractivity contribution is 5.57. The molecule has 0 atom stereocenters. The van der Waals surface area contributed by atoms with Gasteiger partial charge in [-0.1, -0.05) is 19.3 Å². The molecule has 2 aromatic heterocycles. The van der Waals surface area contributed by atoms with Crippen LogP contribution in [0.3, 0.4) is 0 Å². The average molecular weight is 243 g/mol. The number of nitrogens with one attached hydrogen (secondary N) is 1. The fourth-order valence-corrected chi connectivity index (χ4v) is 2.55. The fraction of sp³-hybridized carbons (Fsp3) is 0.462. The van der Waals surface area contributed by atoms with E-state index in [1.54, 1.807) is 12.3 Å². The van der Waals surface area contributed by atoms with Gasteiger partial charge in [0.25, 0.3) is 0 Å². The Labute approximate surface area is 106 Å². The Morgan fingerprint density at radius 3 is 2.83 bits per heavy atom. The van der Waals surface area contributed by atoms with Crippen molar-refractivity contribution in [1.82, 2.24) is 20.2 Å². The SMILES string of the molecule is Nc1cc(-c2n[nH]c(C3CCCCC3)n2)ccn1. The van der Waals surface area contributed by atoms with Crippen molar-refractivity contribution in [2.24, 2.45) is 0 Å². The first kappa shape index (κ1) is 11.2. The molecule has 1 aliphatic rings. The molecule has 5 heteroatoms. The summed E-state index contributed by atoms with van der Waals surface area (Å²) in [4.78, 5) is 8.57. The van der Waals surface area contributed by atoms with Crippen molar-refractivity contribution in [3.63, 3.8) is 0 Å². The van der Waals surface area contributed by atoms with E-state index in [0.29, 0.717) is 17.6 Å². The Morgan fingerprint density at radius 2 is 2.06 bits per heavy atom. The molecular formula is C13H17N5. The summed E-state index contributed by atoms with van der Waals surface area (Å²) >= 11 is 0. The Morgan fingerprint density at radius 1 is 1.22 bits per heavy atom. The van der Waals surface area contributed by atoms with Crippen LogP contribution < -0.4 is 5.73 Å². The van der Waals surface area contributed by atoms with E-state index < -0.39 is 0 Å². The molecule has 1 fully saturated rings. The molecule has 94 valence electrons. The fourth-order valence-electron chi connectivity index (χ4n) is 2.55. The molecule has 1 saturated carbocycles. The van der Waals surface area contributed by atoms with Gasteiger partial charge in [0.15, 0.2) is 5.82 Å². The molecule has 3 rings (SSSR count). The van der Waals surface area contributed by atoms with Crippen LogP contribution in [-0.4, -0.2) is 20.2 Å². The number of nitrogen functional groups attached to an aromatic ring is 1. The summed E-state index contributed by atoms with van der Waals surface area (Å²) in [6.45, 7) is 0. The largest absolute Gasteiger partial charge is 0.384 e. The zero-order valence-electron chi connectivity index (χ0n) is 10.3. The molecule has 0 spiro atoms. The molecule has 2 heterocycles. The Balaban J connectivity index is 1.84. The molecule has 18 heavy (non-hydrogen) atoms. The molecule has 3 N–H and O–H groups in total. The van der Waals surface area contributed by atoms with Crippen LogP contribution in [0.15, 0.2) is 18.3 Å². The third-order valence-electron chi connectivity index (χ3n) is 3.53. The van der Waals surface area contributed by atoms with E-state index in [9.17, 15) is 0 Å². The maximum Gasteiger partial charge on any atom is 0.181 e. The van der Waals surface area contributed by atoms with E-state index in [4.69, 9.17) is 5.73 Å². The van der Waals surface area contributed by atoms with E-state index in [-0.39, 0.29) is 0 Å². The van der Waals surface area contributed by atoms with Crippen LogP contribution >= 0.6 is 0 Å². The number of hydrogen-bond acceptors (Lipinski definition) is 4. The molecule has 0 amide bonds. The first-order valence-electron chi connectivity index (χ1n) is 6.47. The minimum atomic E-state index is 0.497.